The van der Waals surface area contributed by atoms with E-state index < -0.39 is 0 Å². The Morgan fingerprint density at radius 2 is 1.88 bits per heavy atom. The molecule has 4 heterocycles. The first-order valence-corrected chi connectivity index (χ1v) is 12.2. The van der Waals surface area contributed by atoms with Gasteiger partial charge in [-0.05, 0) is 37.1 Å². The number of carbonyl (C=O) groups excluding carboxylic acids is 1. The zero-order valence-corrected chi connectivity index (χ0v) is 19.6. The molecule has 1 aromatic carbocycles. The third-order valence-corrected chi connectivity index (χ3v) is 7.84. The monoisotopic (exact) mass is 450 g/mol. The molecule has 7 nitrogen and oxygen atoms in total. The summed E-state index contributed by atoms with van der Waals surface area (Å²) >= 11 is 1.47. The molecule has 0 aliphatic carbocycles. The van der Waals surface area contributed by atoms with E-state index in [0.717, 1.165) is 78.7 Å². The Hall–Kier alpha value is -2.55. The number of rotatable bonds is 5. The smallest absolute Gasteiger partial charge is 0.261 e. The Bertz CT molecular complexity index is 1120. The molecule has 2 aromatic heterocycles. The molecule has 5 rings (SSSR count). The predicted octanol–water partition coefficient (Wildman–Crippen LogP) is 2.54. The minimum absolute atomic E-state index is 0.00719. The maximum atomic E-state index is 13.0. The third-order valence-electron chi connectivity index (χ3n) is 6.64. The summed E-state index contributed by atoms with van der Waals surface area (Å²) < 4.78 is 0. The second-order valence-corrected chi connectivity index (χ2v) is 9.77. The lowest BCUT2D eigenvalue weighted by molar-refractivity contribution is 0.0951. The van der Waals surface area contributed by atoms with Gasteiger partial charge < -0.3 is 15.1 Å². The molecule has 0 spiro atoms. The fourth-order valence-corrected chi connectivity index (χ4v) is 5.74. The number of aryl methyl sites for hydroxylation is 1. The maximum absolute atomic E-state index is 13.0. The summed E-state index contributed by atoms with van der Waals surface area (Å²) in [5.74, 6) is 0.954. The van der Waals surface area contributed by atoms with Gasteiger partial charge >= 0.3 is 0 Å². The number of nitrogens with zero attached hydrogens (tertiary/aromatic N) is 5. The van der Waals surface area contributed by atoms with Crippen LogP contribution in [0.4, 0.5) is 5.82 Å². The summed E-state index contributed by atoms with van der Waals surface area (Å²) in [4.78, 5) is 30.8. The summed E-state index contributed by atoms with van der Waals surface area (Å²) in [5.41, 5.74) is 3.84. The highest BCUT2D eigenvalue weighted by Gasteiger charge is 2.24. The van der Waals surface area contributed by atoms with Crippen LogP contribution in [0.15, 0.2) is 30.6 Å². The number of anilines is 1. The summed E-state index contributed by atoms with van der Waals surface area (Å²) in [6, 6.07) is 8.65. The molecule has 0 saturated carbocycles. The molecule has 0 radical (unpaired) electrons. The second kappa shape index (κ2) is 9.13. The molecule has 1 N–H and O–H groups in total. The summed E-state index contributed by atoms with van der Waals surface area (Å²) in [7, 11) is 2.15. The number of thiophene rings is 1. The van der Waals surface area contributed by atoms with Crippen LogP contribution >= 0.6 is 11.3 Å². The van der Waals surface area contributed by atoms with Crippen LogP contribution in [0, 0.1) is 6.92 Å². The number of fused-ring (bicyclic) bond motifs is 2. The fourth-order valence-electron chi connectivity index (χ4n) is 4.68. The number of hydrogen-bond acceptors (Lipinski definition) is 7. The van der Waals surface area contributed by atoms with E-state index in [4.69, 9.17) is 0 Å². The van der Waals surface area contributed by atoms with Gasteiger partial charge in [0.25, 0.3) is 5.91 Å². The van der Waals surface area contributed by atoms with Crippen molar-refractivity contribution in [2.75, 3.05) is 57.8 Å². The van der Waals surface area contributed by atoms with Gasteiger partial charge in [-0.1, -0.05) is 24.3 Å². The van der Waals surface area contributed by atoms with Crippen molar-refractivity contribution in [2.45, 2.75) is 19.9 Å². The average Bonchev–Trinajstić information content (AvgIpc) is 3.16. The first-order valence-electron chi connectivity index (χ1n) is 11.3. The highest BCUT2D eigenvalue weighted by atomic mass is 32.1. The number of amides is 1. The molecule has 1 saturated heterocycles. The van der Waals surface area contributed by atoms with Crippen LogP contribution in [0.2, 0.25) is 0 Å². The van der Waals surface area contributed by atoms with E-state index >= 15 is 0 Å². The zero-order chi connectivity index (χ0) is 22.1. The van der Waals surface area contributed by atoms with Gasteiger partial charge in [-0.3, -0.25) is 9.69 Å². The summed E-state index contributed by atoms with van der Waals surface area (Å²) in [6.07, 6.45) is 2.70. The third kappa shape index (κ3) is 4.22. The van der Waals surface area contributed by atoms with Crippen molar-refractivity contribution in [2.24, 2.45) is 0 Å². The normalized spacial score (nSPS) is 17.5. The fraction of sp³-hybridized carbons (Fsp3) is 0.458. The Balaban J connectivity index is 1.25. The Morgan fingerprint density at radius 3 is 2.69 bits per heavy atom. The molecule has 0 atom stereocenters. The SMILES string of the molecule is Cc1c(C(=O)NCCN2CCc3ccccc3C2)sc2ncnc(N3CCN(C)CC3)c12. The molecular formula is C24H30N6OS. The lowest BCUT2D eigenvalue weighted by Gasteiger charge is -2.33. The molecule has 1 fully saturated rings. The van der Waals surface area contributed by atoms with Gasteiger partial charge in [-0.15, -0.1) is 11.3 Å². The number of hydrogen-bond donors (Lipinski definition) is 1. The molecule has 3 aromatic rings. The van der Waals surface area contributed by atoms with Gasteiger partial charge in [0.1, 0.15) is 17.0 Å². The van der Waals surface area contributed by atoms with Gasteiger partial charge in [0.2, 0.25) is 0 Å². The Kier molecular flexibility index (Phi) is 6.08. The lowest BCUT2D eigenvalue weighted by atomic mass is 10.00. The Morgan fingerprint density at radius 1 is 1.09 bits per heavy atom. The van der Waals surface area contributed by atoms with Crippen molar-refractivity contribution in [1.82, 2.24) is 25.1 Å². The van der Waals surface area contributed by atoms with Crippen LogP contribution in [-0.2, 0) is 13.0 Å². The van der Waals surface area contributed by atoms with Crippen LogP contribution in [0.3, 0.4) is 0 Å². The van der Waals surface area contributed by atoms with Gasteiger partial charge in [0, 0.05) is 52.4 Å². The van der Waals surface area contributed by atoms with Crippen molar-refractivity contribution < 1.29 is 4.79 Å². The summed E-state index contributed by atoms with van der Waals surface area (Å²) in [6.45, 7) is 9.44. The highest BCUT2D eigenvalue weighted by Crippen LogP contribution is 2.35. The highest BCUT2D eigenvalue weighted by molar-refractivity contribution is 7.20. The minimum Gasteiger partial charge on any atom is -0.353 e. The molecular weight excluding hydrogens is 420 g/mol. The van der Waals surface area contributed by atoms with Gasteiger partial charge in [-0.2, -0.15) is 0 Å². The maximum Gasteiger partial charge on any atom is 0.261 e. The average molecular weight is 451 g/mol. The number of aromatic nitrogens is 2. The molecule has 32 heavy (non-hydrogen) atoms. The van der Waals surface area contributed by atoms with Crippen LogP contribution in [0.1, 0.15) is 26.4 Å². The standard InChI is InChI=1S/C24H30N6OS/c1-17-20-22(30-13-11-28(2)12-14-30)26-16-27-24(20)32-21(17)23(31)25-8-10-29-9-7-18-5-3-4-6-19(18)15-29/h3-6,16H,7-15H2,1-2H3,(H,25,31). The molecule has 1 amide bonds. The molecule has 0 bridgehead atoms. The molecule has 8 heteroatoms. The van der Waals surface area contributed by atoms with Gasteiger partial charge in [-0.25, -0.2) is 9.97 Å². The van der Waals surface area contributed by atoms with Gasteiger partial charge in [0.15, 0.2) is 0 Å². The quantitative estimate of drug-likeness (QED) is 0.645. The van der Waals surface area contributed by atoms with E-state index in [1.54, 1.807) is 6.33 Å². The van der Waals surface area contributed by atoms with Crippen molar-refractivity contribution in [1.29, 1.82) is 0 Å². The molecule has 168 valence electrons. The summed E-state index contributed by atoms with van der Waals surface area (Å²) in [5, 5.41) is 4.17. The first-order chi connectivity index (χ1) is 15.6. The van der Waals surface area contributed by atoms with Crippen molar-refractivity contribution in [3.05, 3.63) is 52.2 Å². The first kappa shape index (κ1) is 21.3. The van der Waals surface area contributed by atoms with Gasteiger partial charge in [0.05, 0.1) is 10.3 Å². The van der Waals surface area contributed by atoms with Crippen LogP contribution in [-0.4, -0.2) is 78.5 Å². The lowest BCUT2D eigenvalue weighted by Crippen LogP contribution is -2.44. The largest absolute Gasteiger partial charge is 0.353 e. The number of likely N-dealkylation sites (N-methyl/N-ethyl adjacent to an activating group) is 1. The van der Waals surface area contributed by atoms with E-state index in [2.05, 4.69) is 61.3 Å². The van der Waals surface area contributed by atoms with Crippen LogP contribution in [0.5, 0.6) is 0 Å². The van der Waals surface area contributed by atoms with Crippen molar-refractivity contribution >= 4 is 33.3 Å². The number of piperazine rings is 1. The van der Waals surface area contributed by atoms with E-state index in [1.807, 2.05) is 6.92 Å². The predicted molar refractivity (Wildman–Crippen MR) is 130 cm³/mol. The van der Waals surface area contributed by atoms with Crippen LogP contribution in [0.25, 0.3) is 10.2 Å². The van der Waals surface area contributed by atoms with Crippen molar-refractivity contribution in [3.8, 4) is 0 Å². The zero-order valence-electron chi connectivity index (χ0n) is 18.8. The molecule has 2 aliphatic heterocycles. The van der Waals surface area contributed by atoms with Crippen molar-refractivity contribution in [3.63, 3.8) is 0 Å². The minimum atomic E-state index is -0.00719. The number of carbonyl (C=O) groups is 1. The van der Waals surface area contributed by atoms with E-state index in [1.165, 1.54) is 22.5 Å². The second-order valence-electron chi connectivity index (χ2n) is 8.77. The van der Waals surface area contributed by atoms with E-state index in [-0.39, 0.29) is 5.91 Å². The topological polar surface area (TPSA) is 64.6 Å². The number of benzene rings is 1. The van der Waals surface area contributed by atoms with E-state index in [0.29, 0.717) is 6.54 Å². The Labute approximate surface area is 193 Å². The number of nitrogens with one attached hydrogen (secondary N) is 1. The van der Waals surface area contributed by atoms with Crippen LogP contribution < -0.4 is 10.2 Å². The molecule has 0 unspecified atom stereocenters. The van der Waals surface area contributed by atoms with E-state index in [9.17, 15) is 4.79 Å². The molecule has 2 aliphatic rings.